The third kappa shape index (κ3) is 7.18. The molecule has 0 aromatic heterocycles. The number of unbranched alkanes of at least 4 members (excludes halogenated alkanes) is 1. The van der Waals surface area contributed by atoms with Crippen LogP contribution in [0.5, 0.6) is 11.5 Å². The molecule has 28 heavy (non-hydrogen) atoms. The molecule has 0 saturated heterocycles. The van der Waals surface area contributed by atoms with E-state index in [1.54, 1.807) is 24.3 Å². The largest absolute Gasteiger partial charge is 0.494 e. The molecule has 2 aromatic rings. The van der Waals surface area contributed by atoms with Gasteiger partial charge < -0.3 is 9.47 Å². The number of rotatable bonds is 13. The van der Waals surface area contributed by atoms with Crippen LogP contribution in [0.1, 0.15) is 73.1 Å². The first kappa shape index (κ1) is 21.7. The van der Waals surface area contributed by atoms with Gasteiger partial charge in [0.1, 0.15) is 11.5 Å². The molecular weight excluding hydrogens is 352 g/mol. The van der Waals surface area contributed by atoms with Crippen LogP contribution in [0, 0.1) is 0 Å². The summed E-state index contributed by atoms with van der Waals surface area (Å²) in [5, 5.41) is 0. The van der Waals surface area contributed by atoms with E-state index in [4.69, 9.17) is 9.47 Å². The van der Waals surface area contributed by atoms with E-state index in [9.17, 15) is 9.59 Å². The molecule has 2 rings (SSSR count). The third-order valence-corrected chi connectivity index (χ3v) is 4.36. The highest BCUT2D eigenvalue weighted by molar-refractivity contribution is 5.97. The monoisotopic (exact) mass is 382 g/mol. The fourth-order valence-electron chi connectivity index (χ4n) is 2.77. The predicted octanol–water partition coefficient (Wildman–Crippen LogP) is 5.89. The first-order valence-corrected chi connectivity index (χ1v) is 10.2. The molecule has 2 aromatic carbocycles. The smallest absolute Gasteiger partial charge is 0.162 e. The lowest BCUT2D eigenvalue weighted by molar-refractivity contribution is 0.0954. The highest BCUT2D eigenvalue weighted by Gasteiger charge is 2.09. The number of ketones is 2. The average molecular weight is 383 g/mol. The zero-order valence-corrected chi connectivity index (χ0v) is 16.9. The predicted molar refractivity (Wildman–Crippen MR) is 112 cm³/mol. The zero-order chi connectivity index (χ0) is 20.2. The molecule has 0 aliphatic rings. The van der Waals surface area contributed by atoms with Crippen molar-refractivity contribution in [1.82, 2.24) is 0 Å². The highest BCUT2D eigenvalue weighted by atomic mass is 16.5. The summed E-state index contributed by atoms with van der Waals surface area (Å²) in [6.07, 6.45) is 4.22. The van der Waals surface area contributed by atoms with Crippen LogP contribution in [-0.2, 0) is 0 Å². The molecule has 0 heterocycles. The van der Waals surface area contributed by atoms with Crippen LogP contribution in [0.15, 0.2) is 48.5 Å². The van der Waals surface area contributed by atoms with Crippen molar-refractivity contribution in [2.45, 2.75) is 52.4 Å². The van der Waals surface area contributed by atoms with E-state index in [-0.39, 0.29) is 11.6 Å². The second-order valence-electron chi connectivity index (χ2n) is 6.80. The minimum atomic E-state index is 0.104. The van der Waals surface area contributed by atoms with Gasteiger partial charge in [-0.15, -0.1) is 0 Å². The van der Waals surface area contributed by atoms with Gasteiger partial charge in [0.2, 0.25) is 0 Å². The zero-order valence-electron chi connectivity index (χ0n) is 16.9. The Hall–Kier alpha value is -2.62. The molecule has 0 radical (unpaired) electrons. The van der Waals surface area contributed by atoms with Gasteiger partial charge >= 0.3 is 0 Å². The van der Waals surface area contributed by atoms with E-state index in [2.05, 4.69) is 13.8 Å². The molecule has 0 aliphatic carbocycles. The lowest BCUT2D eigenvalue weighted by atomic mass is 10.0. The number of carbonyl (C=O) groups excluding carboxylic acids is 2. The Labute approximate surface area is 167 Å². The maximum Gasteiger partial charge on any atom is 0.162 e. The second kappa shape index (κ2) is 12.0. The summed E-state index contributed by atoms with van der Waals surface area (Å²) in [5.41, 5.74) is 1.38. The Morgan fingerprint density at radius 2 is 1.00 bits per heavy atom. The quantitative estimate of drug-likeness (QED) is 0.320. The van der Waals surface area contributed by atoms with Crippen molar-refractivity contribution in [1.29, 1.82) is 0 Å². The van der Waals surface area contributed by atoms with Gasteiger partial charge in [0.25, 0.3) is 0 Å². The van der Waals surface area contributed by atoms with Gasteiger partial charge in [-0.1, -0.05) is 13.8 Å². The molecule has 0 spiro atoms. The van der Waals surface area contributed by atoms with E-state index in [1.165, 1.54) is 0 Å². The van der Waals surface area contributed by atoms with Crippen LogP contribution in [0.3, 0.4) is 0 Å². The van der Waals surface area contributed by atoms with E-state index in [0.29, 0.717) is 50.0 Å². The molecule has 0 amide bonds. The molecule has 4 nitrogen and oxygen atoms in total. The van der Waals surface area contributed by atoms with Crippen molar-refractivity contribution in [2.75, 3.05) is 13.2 Å². The van der Waals surface area contributed by atoms with Crippen LogP contribution in [0.4, 0.5) is 0 Å². The first-order valence-electron chi connectivity index (χ1n) is 10.2. The van der Waals surface area contributed by atoms with Gasteiger partial charge in [-0.2, -0.15) is 0 Å². The van der Waals surface area contributed by atoms with Crippen LogP contribution in [0.25, 0.3) is 0 Å². The molecule has 0 saturated carbocycles. The van der Waals surface area contributed by atoms with Gasteiger partial charge in [0, 0.05) is 24.0 Å². The SMILES string of the molecule is CCCOc1ccc(C(=O)CCCCC(=O)c2ccc(OCCC)cc2)cc1. The van der Waals surface area contributed by atoms with Crippen molar-refractivity contribution in [3.8, 4) is 11.5 Å². The second-order valence-corrected chi connectivity index (χ2v) is 6.80. The fraction of sp³-hybridized carbons (Fsp3) is 0.417. The minimum absolute atomic E-state index is 0.104. The van der Waals surface area contributed by atoms with E-state index in [0.717, 1.165) is 24.3 Å². The summed E-state index contributed by atoms with van der Waals surface area (Å²) in [5.74, 6) is 1.78. The summed E-state index contributed by atoms with van der Waals surface area (Å²) in [6.45, 7) is 5.46. The Bertz CT molecular complexity index is 667. The Morgan fingerprint density at radius 1 is 0.643 bits per heavy atom. The van der Waals surface area contributed by atoms with Crippen molar-refractivity contribution in [3.63, 3.8) is 0 Å². The van der Waals surface area contributed by atoms with Gasteiger partial charge in [0.15, 0.2) is 11.6 Å². The summed E-state index contributed by atoms with van der Waals surface area (Å²) in [7, 11) is 0. The number of benzene rings is 2. The van der Waals surface area contributed by atoms with Crippen molar-refractivity contribution < 1.29 is 19.1 Å². The van der Waals surface area contributed by atoms with Crippen LogP contribution < -0.4 is 9.47 Å². The summed E-state index contributed by atoms with van der Waals surface area (Å²) in [4.78, 5) is 24.5. The fourth-order valence-corrected chi connectivity index (χ4v) is 2.77. The summed E-state index contributed by atoms with van der Waals surface area (Å²) >= 11 is 0. The molecule has 0 N–H and O–H groups in total. The molecular formula is C24H30O4. The molecule has 0 atom stereocenters. The summed E-state index contributed by atoms with van der Waals surface area (Å²) in [6, 6.07) is 14.6. The molecule has 0 fully saturated rings. The van der Waals surface area contributed by atoms with E-state index in [1.807, 2.05) is 24.3 Å². The topological polar surface area (TPSA) is 52.6 Å². The van der Waals surface area contributed by atoms with Gasteiger partial charge in [0.05, 0.1) is 13.2 Å². The Balaban J connectivity index is 1.71. The molecule has 150 valence electrons. The number of Topliss-reactive ketones (excluding diaryl/α,β-unsaturated/α-hetero) is 2. The molecule has 0 aliphatic heterocycles. The van der Waals surface area contributed by atoms with Crippen molar-refractivity contribution >= 4 is 11.6 Å². The van der Waals surface area contributed by atoms with E-state index < -0.39 is 0 Å². The first-order chi connectivity index (χ1) is 13.6. The third-order valence-electron chi connectivity index (χ3n) is 4.36. The maximum absolute atomic E-state index is 12.3. The van der Waals surface area contributed by atoms with Crippen molar-refractivity contribution in [2.24, 2.45) is 0 Å². The number of ether oxygens (including phenoxy) is 2. The minimum Gasteiger partial charge on any atom is -0.494 e. The summed E-state index contributed by atoms with van der Waals surface area (Å²) < 4.78 is 11.1. The normalized spacial score (nSPS) is 10.5. The highest BCUT2D eigenvalue weighted by Crippen LogP contribution is 2.17. The van der Waals surface area contributed by atoms with Crippen LogP contribution >= 0.6 is 0 Å². The van der Waals surface area contributed by atoms with Gasteiger partial charge in [-0.05, 0) is 74.2 Å². The van der Waals surface area contributed by atoms with Crippen LogP contribution in [0.2, 0.25) is 0 Å². The average Bonchev–Trinajstić information content (AvgIpc) is 2.74. The Morgan fingerprint density at radius 3 is 1.32 bits per heavy atom. The van der Waals surface area contributed by atoms with Gasteiger partial charge in [-0.3, -0.25) is 9.59 Å². The van der Waals surface area contributed by atoms with Crippen molar-refractivity contribution in [3.05, 3.63) is 59.7 Å². The number of hydrogen-bond donors (Lipinski definition) is 0. The Kier molecular flexibility index (Phi) is 9.26. The standard InChI is InChI=1S/C24H30O4/c1-3-17-27-21-13-9-19(10-14-21)23(25)7-5-6-8-24(26)20-11-15-22(16-12-20)28-18-4-2/h9-16H,3-8,17-18H2,1-2H3. The lowest BCUT2D eigenvalue weighted by Gasteiger charge is -2.06. The van der Waals surface area contributed by atoms with E-state index >= 15 is 0 Å². The molecule has 4 heteroatoms. The number of carbonyl (C=O) groups is 2. The van der Waals surface area contributed by atoms with Crippen LogP contribution in [-0.4, -0.2) is 24.8 Å². The lowest BCUT2D eigenvalue weighted by Crippen LogP contribution is -2.02. The maximum atomic E-state index is 12.3. The van der Waals surface area contributed by atoms with Gasteiger partial charge in [-0.25, -0.2) is 0 Å². The molecule has 0 bridgehead atoms. The molecule has 0 unspecified atom stereocenters. The number of hydrogen-bond acceptors (Lipinski definition) is 4.